The highest BCUT2D eigenvalue weighted by Gasteiger charge is 2.21. The predicted octanol–water partition coefficient (Wildman–Crippen LogP) is 3.64. The van der Waals surface area contributed by atoms with Crippen molar-refractivity contribution in [3.05, 3.63) is 66.7 Å². The van der Waals surface area contributed by atoms with E-state index in [1.54, 1.807) is 47.1 Å². The van der Waals surface area contributed by atoms with E-state index >= 15 is 0 Å². The lowest BCUT2D eigenvalue weighted by molar-refractivity contribution is 0.262. The quantitative estimate of drug-likeness (QED) is 0.254. The van der Waals surface area contributed by atoms with Gasteiger partial charge in [-0.25, -0.2) is 33.0 Å². The highest BCUT2D eigenvalue weighted by molar-refractivity contribution is 7.89. The first kappa shape index (κ1) is 25.8. The summed E-state index contributed by atoms with van der Waals surface area (Å²) in [6, 6.07) is 14.1. The number of nitrogen functional groups attached to an aromatic ring is 1. The first-order valence-corrected chi connectivity index (χ1v) is 13.2. The van der Waals surface area contributed by atoms with E-state index in [1.807, 2.05) is 20.8 Å². The number of nitrogens with two attached hydrogens (primary N) is 2. The smallest absolute Gasteiger partial charge is 0.324 e. The van der Waals surface area contributed by atoms with Crippen molar-refractivity contribution in [2.45, 2.75) is 31.1 Å². The number of primary sulfonamides is 1. The molecular formula is C25H25N9O4S. The average Bonchev–Trinajstić information content (AvgIpc) is 3.50. The Kier molecular flexibility index (Phi) is 6.28. The number of benzene rings is 2. The molecule has 13 nitrogen and oxygen atoms in total. The fraction of sp³-hybridized carbons (Fsp3) is 0.160. The number of fused-ring (bicyclic) bond motifs is 1. The second kappa shape index (κ2) is 9.49. The topological polar surface area (TPSA) is 197 Å². The molecule has 6 N–H and O–H groups in total. The van der Waals surface area contributed by atoms with Crippen molar-refractivity contribution in [1.29, 1.82) is 0 Å². The van der Waals surface area contributed by atoms with Crippen LogP contribution in [0, 0.1) is 0 Å². The van der Waals surface area contributed by atoms with Crippen molar-refractivity contribution < 1.29 is 17.7 Å². The van der Waals surface area contributed by atoms with Crippen LogP contribution in [-0.4, -0.2) is 39.4 Å². The van der Waals surface area contributed by atoms with Gasteiger partial charge in [-0.05, 0) is 36.4 Å². The van der Waals surface area contributed by atoms with Crippen LogP contribution in [0.1, 0.15) is 26.5 Å². The standard InChI is InChI=1S/C25H25N9O4S/c1-25(2,3)18-12-19(33-38-18)31-24(35)30-15-6-8-16(9-7-15)34-23-20(22(26)28-13-29-23)21(32-34)14-4-10-17(11-5-14)39(27,36)37/h4-13H,1-3H3,(H2,26,28,29)(H2,27,36,37)(H2,30,31,33,35). The number of aromatic nitrogens is 5. The second-order valence-corrected chi connectivity index (χ2v) is 11.3. The van der Waals surface area contributed by atoms with Crippen LogP contribution in [0.5, 0.6) is 0 Å². The lowest BCUT2D eigenvalue weighted by Crippen LogP contribution is -2.19. The third-order valence-corrected chi connectivity index (χ3v) is 6.74. The van der Waals surface area contributed by atoms with Gasteiger partial charge < -0.3 is 15.6 Å². The first-order valence-electron chi connectivity index (χ1n) is 11.7. The van der Waals surface area contributed by atoms with Gasteiger partial charge in [-0.3, -0.25) is 5.32 Å². The van der Waals surface area contributed by atoms with E-state index in [2.05, 4.69) is 30.9 Å². The number of anilines is 3. The molecule has 0 saturated heterocycles. The zero-order valence-corrected chi connectivity index (χ0v) is 22.0. The molecule has 14 heteroatoms. The molecule has 2 aromatic carbocycles. The average molecular weight is 548 g/mol. The SMILES string of the molecule is CC(C)(C)c1cc(NC(=O)Nc2ccc(-n3nc(-c4ccc(S(N)(=O)=O)cc4)c4c(N)ncnc43)cc2)no1. The lowest BCUT2D eigenvalue weighted by Gasteiger charge is -2.12. The molecule has 5 rings (SSSR count). The van der Waals surface area contributed by atoms with E-state index in [4.69, 9.17) is 15.4 Å². The maximum absolute atomic E-state index is 12.5. The van der Waals surface area contributed by atoms with Gasteiger partial charge in [-0.2, -0.15) is 5.10 Å². The number of nitrogens with zero attached hydrogens (tertiary/aromatic N) is 5. The Morgan fingerprint density at radius 1 is 1.00 bits per heavy atom. The zero-order chi connectivity index (χ0) is 27.9. The molecule has 0 aliphatic carbocycles. The summed E-state index contributed by atoms with van der Waals surface area (Å²) in [5.41, 5.74) is 8.62. The Labute approximate surface area is 223 Å². The van der Waals surface area contributed by atoms with Crippen LogP contribution in [0.15, 0.2) is 70.3 Å². The minimum Gasteiger partial charge on any atom is -0.383 e. The van der Waals surface area contributed by atoms with E-state index in [1.165, 1.54) is 18.5 Å². The largest absolute Gasteiger partial charge is 0.383 e. The van der Waals surface area contributed by atoms with Gasteiger partial charge in [0, 0.05) is 22.7 Å². The third kappa shape index (κ3) is 5.28. The molecule has 0 aliphatic heterocycles. The summed E-state index contributed by atoms with van der Waals surface area (Å²) in [5.74, 6) is 1.17. The minimum absolute atomic E-state index is 0.0236. The van der Waals surface area contributed by atoms with Crippen LogP contribution in [0.2, 0.25) is 0 Å². The van der Waals surface area contributed by atoms with E-state index in [-0.39, 0.29) is 16.1 Å². The summed E-state index contributed by atoms with van der Waals surface area (Å²) in [4.78, 5) is 20.9. The Morgan fingerprint density at radius 2 is 1.69 bits per heavy atom. The van der Waals surface area contributed by atoms with Gasteiger partial charge >= 0.3 is 6.03 Å². The number of urea groups is 1. The number of hydrogen-bond donors (Lipinski definition) is 4. The Hall–Kier alpha value is -4.82. The summed E-state index contributed by atoms with van der Waals surface area (Å²) in [6.45, 7) is 5.94. The van der Waals surface area contributed by atoms with E-state index in [0.29, 0.717) is 45.2 Å². The van der Waals surface area contributed by atoms with Gasteiger partial charge in [0.25, 0.3) is 0 Å². The molecule has 3 heterocycles. The van der Waals surface area contributed by atoms with Crippen LogP contribution in [-0.2, 0) is 15.4 Å². The maximum Gasteiger partial charge on any atom is 0.324 e. The van der Waals surface area contributed by atoms with E-state index < -0.39 is 16.1 Å². The maximum atomic E-state index is 12.5. The van der Waals surface area contributed by atoms with Crippen LogP contribution in [0.4, 0.5) is 22.1 Å². The third-order valence-electron chi connectivity index (χ3n) is 5.81. The predicted molar refractivity (Wildman–Crippen MR) is 146 cm³/mol. The normalized spacial score (nSPS) is 12.0. The molecule has 0 radical (unpaired) electrons. The van der Waals surface area contributed by atoms with Gasteiger partial charge in [-0.1, -0.05) is 38.1 Å². The van der Waals surface area contributed by atoms with Crippen molar-refractivity contribution >= 4 is 44.4 Å². The van der Waals surface area contributed by atoms with Gasteiger partial charge in [0.1, 0.15) is 23.6 Å². The fourth-order valence-corrected chi connectivity index (χ4v) is 4.33. The molecule has 0 saturated carbocycles. The van der Waals surface area contributed by atoms with Crippen molar-refractivity contribution in [1.82, 2.24) is 24.9 Å². The second-order valence-electron chi connectivity index (χ2n) is 9.74. The number of carbonyl (C=O) groups is 1. The van der Waals surface area contributed by atoms with Crippen molar-refractivity contribution in [3.63, 3.8) is 0 Å². The highest BCUT2D eigenvalue weighted by atomic mass is 32.2. The zero-order valence-electron chi connectivity index (χ0n) is 21.2. The Morgan fingerprint density at radius 3 is 2.31 bits per heavy atom. The number of sulfonamides is 1. The molecule has 200 valence electrons. The van der Waals surface area contributed by atoms with Gasteiger partial charge in [0.15, 0.2) is 11.5 Å². The Balaban J connectivity index is 1.40. The van der Waals surface area contributed by atoms with Gasteiger partial charge in [-0.15, -0.1) is 0 Å². The molecule has 0 atom stereocenters. The van der Waals surface area contributed by atoms with Gasteiger partial charge in [0.05, 0.1) is 16.0 Å². The summed E-state index contributed by atoms with van der Waals surface area (Å²) < 4.78 is 30.2. The molecular weight excluding hydrogens is 522 g/mol. The molecule has 0 bridgehead atoms. The van der Waals surface area contributed by atoms with Gasteiger partial charge in [0.2, 0.25) is 10.0 Å². The van der Waals surface area contributed by atoms with Crippen molar-refractivity contribution in [3.8, 4) is 16.9 Å². The molecule has 39 heavy (non-hydrogen) atoms. The van der Waals surface area contributed by atoms with Crippen molar-refractivity contribution in [2.75, 3.05) is 16.4 Å². The number of nitrogens with one attached hydrogen (secondary N) is 2. The monoisotopic (exact) mass is 547 g/mol. The molecule has 0 aliphatic rings. The minimum atomic E-state index is -3.84. The van der Waals surface area contributed by atoms with E-state index in [9.17, 15) is 13.2 Å². The van der Waals surface area contributed by atoms with Crippen LogP contribution in [0.3, 0.4) is 0 Å². The lowest BCUT2D eigenvalue weighted by atomic mass is 9.93. The summed E-state index contributed by atoms with van der Waals surface area (Å²) in [5, 5.41) is 19.7. The molecule has 0 spiro atoms. The number of carbonyl (C=O) groups excluding carboxylic acids is 1. The molecule has 2 amide bonds. The van der Waals surface area contributed by atoms with Crippen LogP contribution in [0.25, 0.3) is 28.0 Å². The number of amides is 2. The molecule has 3 aromatic heterocycles. The van der Waals surface area contributed by atoms with Crippen molar-refractivity contribution in [2.24, 2.45) is 5.14 Å². The van der Waals surface area contributed by atoms with Crippen LogP contribution >= 0.6 is 0 Å². The molecule has 0 unspecified atom stereocenters. The molecule has 5 aromatic rings. The first-order chi connectivity index (χ1) is 18.4. The summed E-state index contributed by atoms with van der Waals surface area (Å²) in [7, 11) is -3.84. The Bertz CT molecular complexity index is 1790. The molecule has 0 fully saturated rings. The fourth-order valence-electron chi connectivity index (χ4n) is 3.81. The van der Waals surface area contributed by atoms with Crippen LogP contribution < -0.4 is 21.5 Å². The summed E-state index contributed by atoms with van der Waals surface area (Å²) in [6.07, 6.45) is 1.33. The number of hydrogen-bond acceptors (Lipinski definition) is 9. The summed E-state index contributed by atoms with van der Waals surface area (Å²) >= 11 is 0. The van der Waals surface area contributed by atoms with E-state index in [0.717, 1.165) is 0 Å². The highest BCUT2D eigenvalue weighted by Crippen LogP contribution is 2.32. The number of rotatable bonds is 5.